The lowest BCUT2D eigenvalue weighted by Gasteiger charge is -2.16. The van der Waals surface area contributed by atoms with E-state index in [4.69, 9.17) is 28.3 Å². The molecule has 3 N–H and O–H groups in total. The molecule has 0 unspecified atom stereocenters. The molecule has 1 fully saturated rings. The molecule has 0 saturated heterocycles. The smallest absolute Gasteiger partial charge is 0.275 e. The van der Waals surface area contributed by atoms with Crippen LogP contribution in [-0.4, -0.2) is 22.2 Å². The number of thiocarbonyl (C=S) groups is 1. The highest BCUT2D eigenvalue weighted by atomic mass is 35.5. The van der Waals surface area contributed by atoms with Gasteiger partial charge in [0.05, 0.1) is 10.6 Å². The summed E-state index contributed by atoms with van der Waals surface area (Å²) >= 11 is 11.3. The highest BCUT2D eigenvalue weighted by molar-refractivity contribution is 7.80. The lowest BCUT2D eigenvalue weighted by Crippen LogP contribution is -2.49. The largest absolute Gasteiger partial charge is 0.360 e. The molecule has 2 aromatic rings. The quantitative estimate of drug-likeness (QED) is 0.544. The minimum atomic E-state index is -0.591. The number of halogens is 2. The first kappa shape index (κ1) is 18.6. The first-order chi connectivity index (χ1) is 12.5. The molecule has 1 heterocycles. The van der Waals surface area contributed by atoms with E-state index in [0.29, 0.717) is 11.2 Å². The zero-order chi connectivity index (χ0) is 18.7. The van der Waals surface area contributed by atoms with Crippen LogP contribution in [0.2, 0.25) is 5.02 Å². The number of nitrogens with zero attached hydrogens (tertiary/aromatic N) is 1. The number of aryl methyl sites for hydroxylation is 1. The van der Waals surface area contributed by atoms with Crippen molar-refractivity contribution in [3.8, 4) is 11.3 Å². The second-order valence-electron chi connectivity index (χ2n) is 6.09. The molecule has 0 spiro atoms. The summed E-state index contributed by atoms with van der Waals surface area (Å²) in [5.41, 5.74) is 5.30. The molecule has 0 aliphatic heterocycles. The molecule has 1 saturated carbocycles. The van der Waals surface area contributed by atoms with E-state index < -0.39 is 11.7 Å². The molecule has 3 rings (SSSR count). The normalized spacial score (nSPS) is 14.3. The fourth-order valence-electron chi connectivity index (χ4n) is 3.00. The highest BCUT2D eigenvalue weighted by Crippen LogP contribution is 2.33. The number of hydrogen-bond acceptors (Lipinski definition) is 4. The minimum absolute atomic E-state index is 0.0165. The van der Waals surface area contributed by atoms with E-state index in [1.54, 1.807) is 6.92 Å². The lowest BCUT2D eigenvalue weighted by atomic mass is 10.1. The van der Waals surface area contributed by atoms with Crippen molar-refractivity contribution < 1.29 is 13.7 Å². The Morgan fingerprint density at radius 3 is 2.77 bits per heavy atom. The van der Waals surface area contributed by atoms with E-state index in [9.17, 15) is 9.18 Å². The Kier molecular flexibility index (Phi) is 5.73. The van der Waals surface area contributed by atoms with Crippen LogP contribution in [0.25, 0.3) is 11.3 Å². The molecular formula is C17H18ClFN4O2S. The molecule has 1 aromatic carbocycles. The van der Waals surface area contributed by atoms with Crippen LogP contribution in [0.5, 0.6) is 0 Å². The number of rotatable bonds is 3. The van der Waals surface area contributed by atoms with Gasteiger partial charge in [-0.2, -0.15) is 0 Å². The predicted octanol–water partition coefficient (Wildman–Crippen LogP) is 3.49. The van der Waals surface area contributed by atoms with Gasteiger partial charge in [-0.05, 0) is 44.1 Å². The van der Waals surface area contributed by atoms with Crippen LogP contribution in [-0.2, 0) is 0 Å². The topological polar surface area (TPSA) is 79.2 Å². The van der Waals surface area contributed by atoms with Crippen LogP contribution in [0.1, 0.15) is 41.8 Å². The van der Waals surface area contributed by atoms with E-state index in [2.05, 4.69) is 21.3 Å². The summed E-state index contributed by atoms with van der Waals surface area (Å²) in [4.78, 5) is 12.6. The first-order valence-corrected chi connectivity index (χ1v) is 9.03. The fourth-order valence-corrected chi connectivity index (χ4v) is 3.47. The molecule has 1 amide bonds. The van der Waals surface area contributed by atoms with Gasteiger partial charge in [-0.15, -0.1) is 0 Å². The monoisotopic (exact) mass is 396 g/mol. The molecule has 0 radical (unpaired) electrons. The van der Waals surface area contributed by atoms with Crippen LogP contribution in [0.15, 0.2) is 22.7 Å². The van der Waals surface area contributed by atoms with Crippen molar-refractivity contribution >= 4 is 34.8 Å². The van der Waals surface area contributed by atoms with Crippen LogP contribution < -0.4 is 16.2 Å². The second kappa shape index (κ2) is 8.01. The first-order valence-electron chi connectivity index (χ1n) is 8.25. The Bertz CT molecular complexity index is 816. The molecule has 9 heteroatoms. The van der Waals surface area contributed by atoms with Crippen LogP contribution in [0.4, 0.5) is 4.39 Å². The molecule has 0 atom stereocenters. The third-order valence-electron chi connectivity index (χ3n) is 4.27. The van der Waals surface area contributed by atoms with Gasteiger partial charge in [0, 0.05) is 6.04 Å². The number of hydrogen-bond donors (Lipinski definition) is 3. The second-order valence-corrected chi connectivity index (χ2v) is 6.91. The molecule has 1 aliphatic rings. The van der Waals surface area contributed by atoms with E-state index in [0.717, 1.165) is 12.8 Å². The maximum Gasteiger partial charge on any atom is 0.275 e. The van der Waals surface area contributed by atoms with Gasteiger partial charge in [-0.3, -0.25) is 15.6 Å². The maximum atomic E-state index is 14.2. The molecule has 6 nitrogen and oxygen atoms in total. The van der Waals surface area contributed by atoms with Gasteiger partial charge in [-0.25, -0.2) is 4.39 Å². The van der Waals surface area contributed by atoms with Gasteiger partial charge in [0.2, 0.25) is 0 Å². The average molecular weight is 397 g/mol. The number of benzene rings is 1. The Morgan fingerprint density at radius 2 is 2.08 bits per heavy atom. The molecule has 1 aromatic heterocycles. The standard InChI is InChI=1S/C17H18ClFN4O2S/c1-9-13(15(23-25-9)14-11(18)7-4-8-12(14)19)16(24)21-22-17(26)20-10-5-2-3-6-10/h4,7-8,10H,2-3,5-6H2,1H3,(H,21,24)(H2,20,22,26). The third kappa shape index (κ3) is 3.96. The van der Waals surface area contributed by atoms with Crippen molar-refractivity contribution in [1.82, 2.24) is 21.3 Å². The highest BCUT2D eigenvalue weighted by Gasteiger charge is 2.25. The van der Waals surface area contributed by atoms with Gasteiger partial charge < -0.3 is 9.84 Å². The number of carbonyl (C=O) groups is 1. The number of aromatic nitrogens is 1. The van der Waals surface area contributed by atoms with Crippen molar-refractivity contribution in [3.63, 3.8) is 0 Å². The number of carbonyl (C=O) groups excluding carboxylic acids is 1. The third-order valence-corrected chi connectivity index (χ3v) is 4.80. The van der Waals surface area contributed by atoms with Crippen LogP contribution in [0.3, 0.4) is 0 Å². The van der Waals surface area contributed by atoms with Gasteiger partial charge in [0.25, 0.3) is 5.91 Å². The minimum Gasteiger partial charge on any atom is -0.360 e. The molecule has 0 bridgehead atoms. The van der Waals surface area contributed by atoms with Crippen molar-refractivity contribution in [3.05, 3.63) is 40.4 Å². The average Bonchev–Trinajstić information content (AvgIpc) is 3.23. The van der Waals surface area contributed by atoms with E-state index >= 15 is 0 Å². The van der Waals surface area contributed by atoms with E-state index in [-0.39, 0.29) is 27.6 Å². The predicted molar refractivity (Wildman–Crippen MR) is 100 cm³/mol. The maximum absolute atomic E-state index is 14.2. The zero-order valence-corrected chi connectivity index (χ0v) is 15.6. The summed E-state index contributed by atoms with van der Waals surface area (Å²) in [7, 11) is 0. The summed E-state index contributed by atoms with van der Waals surface area (Å²) in [5, 5.41) is 7.41. The molecule has 26 heavy (non-hydrogen) atoms. The molecule has 1 aliphatic carbocycles. The summed E-state index contributed by atoms with van der Waals surface area (Å²) in [5.74, 6) is -0.895. The van der Waals surface area contributed by atoms with Gasteiger partial charge in [0.15, 0.2) is 5.11 Å². The van der Waals surface area contributed by atoms with E-state index in [1.165, 1.54) is 31.0 Å². The van der Waals surface area contributed by atoms with Crippen molar-refractivity contribution in [1.29, 1.82) is 0 Å². The van der Waals surface area contributed by atoms with Crippen molar-refractivity contribution in [2.24, 2.45) is 0 Å². The number of amides is 1. The summed E-state index contributed by atoms with van der Waals surface area (Å²) < 4.78 is 19.3. The van der Waals surface area contributed by atoms with E-state index in [1.807, 2.05) is 0 Å². The Morgan fingerprint density at radius 1 is 1.35 bits per heavy atom. The summed E-state index contributed by atoms with van der Waals surface area (Å²) in [6.45, 7) is 1.56. The zero-order valence-electron chi connectivity index (χ0n) is 14.1. The SMILES string of the molecule is Cc1onc(-c2c(F)cccc2Cl)c1C(=O)NNC(=S)NC1CCCC1. The summed E-state index contributed by atoms with van der Waals surface area (Å²) in [6.07, 6.45) is 4.44. The lowest BCUT2D eigenvalue weighted by molar-refractivity contribution is 0.0942. The van der Waals surface area contributed by atoms with Crippen molar-refractivity contribution in [2.75, 3.05) is 0 Å². The Hall–Kier alpha value is -2.19. The number of nitrogens with one attached hydrogen (secondary N) is 3. The van der Waals surface area contributed by atoms with Crippen molar-refractivity contribution in [2.45, 2.75) is 38.6 Å². The number of hydrazine groups is 1. The summed E-state index contributed by atoms with van der Waals surface area (Å²) in [6, 6.07) is 4.55. The van der Waals surface area contributed by atoms with Crippen LogP contribution >= 0.6 is 23.8 Å². The molecule has 138 valence electrons. The fraction of sp³-hybridized carbons (Fsp3) is 0.353. The van der Waals surface area contributed by atoms with Crippen LogP contribution in [0, 0.1) is 12.7 Å². The van der Waals surface area contributed by atoms with Gasteiger partial charge >= 0.3 is 0 Å². The Labute approximate surface area is 160 Å². The Balaban J connectivity index is 1.74. The van der Waals surface area contributed by atoms with Gasteiger partial charge in [-0.1, -0.05) is 35.7 Å². The van der Waals surface area contributed by atoms with Gasteiger partial charge in [0.1, 0.15) is 22.8 Å². The molecular weight excluding hydrogens is 379 g/mol.